The Kier molecular flexibility index (Phi) is 6.42. The van der Waals surface area contributed by atoms with E-state index in [0.29, 0.717) is 0 Å². The quantitative estimate of drug-likeness (QED) is 0.617. The predicted octanol–water partition coefficient (Wildman–Crippen LogP) is 2.68. The molecule has 0 aliphatic carbocycles. The van der Waals surface area contributed by atoms with Gasteiger partial charge in [-0.05, 0) is 24.6 Å². The van der Waals surface area contributed by atoms with Crippen LogP contribution in [-0.2, 0) is 11.3 Å². The maximum absolute atomic E-state index is 12.4. The number of quaternary nitrogens is 1. The zero-order valence-electron chi connectivity index (χ0n) is 15.0. The number of nitrogens with zero attached hydrogens (tertiary/aromatic N) is 1. The number of benzene rings is 2. The first kappa shape index (κ1) is 18.6. The first-order chi connectivity index (χ1) is 12.6. The van der Waals surface area contributed by atoms with E-state index >= 15 is 0 Å². The van der Waals surface area contributed by atoms with E-state index < -0.39 is 0 Å². The molecule has 3 rings (SSSR count). The number of rotatable bonds is 5. The van der Waals surface area contributed by atoms with Crippen LogP contribution in [0.15, 0.2) is 59.7 Å². The summed E-state index contributed by atoms with van der Waals surface area (Å²) >= 11 is 5.94. The number of hydrogen-bond acceptors (Lipinski definition) is 2. The lowest BCUT2D eigenvalue weighted by Gasteiger charge is -2.28. The van der Waals surface area contributed by atoms with Crippen molar-refractivity contribution in [2.24, 2.45) is 11.0 Å². The number of piperidine rings is 1. The molecule has 26 heavy (non-hydrogen) atoms. The summed E-state index contributed by atoms with van der Waals surface area (Å²) < 4.78 is 0. The Morgan fingerprint density at radius 1 is 1.12 bits per heavy atom. The van der Waals surface area contributed by atoms with Crippen LogP contribution in [0.25, 0.3) is 0 Å². The molecular weight excluding hydrogens is 346 g/mol. The second kappa shape index (κ2) is 8.97. The van der Waals surface area contributed by atoms with Crippen LogP contribution in [0.3, 0.4) is 0 Å². The third kappa shape index (κ3) is 5.16. The van der Waals surface area contributed by atoms with E-state index in [2.05, 4.69) is 22.7 Å². The van der Waals surface area contributed by atoms with Gasteiger partial charge in [0.2, 0.25) is 5.91 Å². The van der Waals surface area contributed by atoms with Crippen LogP contribution in [0.1, 0.15) is 30.9 Å². The number of hydrazone groups is 1. The minimum Gasteiger partial charge on any atom is -0.331 e. The molecule has 0 radical (unpaired) electrons. The molecule has 0 aromatic heterocycles. The van der Waals surface area contributed by atoms with Crippen molar-refractivity contribution in [3.63, 3.8) is 0 Å². The maximum atomic E-state index is 12.4. The smallest absolute Gasteiger partial charge is 0.243 e. The van der Waals surface area contributed by atoms with Gasteiger partial charge in [0.1, 0.15) is 6.54 Å². The average Bonchev–Trinajstić information content (AvgIpc) is 2.69. The van der Waals surface area contributed by atoms with E-state index in [0.717, 1.165) is 48.8 Å². The zero-order valence-corrected chi connectivity index (χ0v) is 15.8. The summed E-state index contributed by atoms with van der Waals surface area (Å²) in [4.78, 5) is 13.9. The van der Waals surface area contributed by atoms with Gasteiger partial charge < -0.3 is 4.90 Å². The van der Waals surface area contributed by atoms with Crippen LogP contribution in [-0.4, -0.2) is 24.7 Å². The second-order valence-corrected chi connectivity index (χ2v) is 7.30. The van der Waals surface area contributed by atoms with E-state index in [9.17, 15) is 4.79 Å². The number of halogens is 1. The van der Waals surface area contributed by atoms with Crippen LogP contribution < -0.4 is 10.3 Å². The first-order valence-electron chi connectivity index (χ1n) is 9.09. The normalized spacial score (nSPS) is 20.6. The standard InChI is InChI=1S/C21H24ClN3O/c1-16(18-5-3-2-4-6-18)23-24-21(26)19-11-13-25(14-12-19)15-17-7-9-20(22)10-8-17/h2-10,19H,11-15H2,1H3,(H,24,26)/p+1/b23-16-. The predicted molar refractivity (Wildman–Crippen MR) is 105 cm³/mol. The molecule has 0 atom stereocenters. The van der Waals surface area contributed by atoms with Gasteiger partial charge >= 0.3 is 0 Å². The highest BCUT2D eigenvalue weighted by molar-refractivity contribution is 6.30. The fraction of sp³-hybridized carbons (Fsp3) is 0.333. The van der Waals surface area contributed by atoms with Crippen molar-refractivity contribution in [2.45, 2.75) is 26.3 Å². The monoisotopic (exact) mass is 370 g/mol. The van der Waals surface area contributed by atoms with Gasteiger partial charge in [-0.15, -0.1) is 0 Å². The Bertz CT molecular complexity index is 751. The summed E-state index contributed by atoms with van der Waals surface area (Å²) in [6.45, 7) is 4.90. The topological polar surface area (TPSA) is 45.9 Å². The molecule has 0 saturated carbocycles. The molecule has 2 aromatic rings. The van der Waals surface area contributed by atoms with E-state index in [1.807, 2.05) is 49.4 Å². The summed E-state index contributed by atoms with van der Waals surface area (Å²) in [5, 5.41) is 5.03. The third-order valence-electron chi connectivity index (χ3n) is 4.96. The second-order valence-electron chi connectivity index (χ2n) is 6.87. The van der Waals surface area contributed by atoms with Gasteiger partial charge in [-0.2, -0.15) is 5.10 Å². The molecule has 0 bridgehead atoms. The van der Waals surface area contributed by atoms with E-state index in [-0.39, 0.29) is 11.8 Å². The fourth-order valence-electron chi connectivity index (χ4n) is 3.33. The minimum atomic E-state index is 0.0332. The number of carbonyl (C=O) groups excluding carboxylic acids is 1. The molecule has 1 aliphatic rings. The van der Waals surface area contributed by atoms with Crippen molar-refractivity contribution in [3.05, 3.63) is 70.7 Å². The number of amides is 1. The Morgan fingerprint density at radius 2 is 1.77 bits per heavy atom. The molecule has 1 fully saturated rings. The molecule has 0 spiro atoms. The van der Waals surface area contributed by atoms with Crippen molar-refractivity contribution in [3.8, 4) is 0 Å². The molecule has 5 heteroatoms. The van der Waals surface area contributed by atoms with Crippen LogP contribution in [0.5, 0.6) is 0 Å². The molecule has 1 heterocycles. The average molecular weight is 371 g/mol. The SMILES string of the molecule is C/C(=N/NC(=O)C1CC[NH+](Cc2ccc(Cl)cc2)CC1)c1ccccc1. The zero-order chi connectivity index (χ0) is 18.4. The Balaban J connectivity index is 1.47. The van der Waals surface area contributed by atoms with E-state index in [4.69, 9.17) is 11.6 Å². The van der Waals surface area contributed by atoms with Gasteiger partial charge in [0.05, 0.1) is 24.7 Å². The van der Waals surface area contributed by atoms with E-state index in [1.54, 1.807) is 0 Å². The molecule has 1 saturated heterocycles. The molecule has 136 valence electrons. The molecular formula is C21H25ClN3O+. The molecule has 0 unspecified atom stereocenters. The summed E-state index contributed by atoms with van der Waals surface area (Å²) in [5.41, 5.74) is 5.88. The van der Waals surface area contributed by atoms with Crippen LogP contribution in [0.2, 0.25) is 5.02 Å². The number of likely N-dealkylation sites (tertiary alicyclic amines) is 1. The van der Waals surface area contributed by atoms with Gasteiger partial charge in [0.15, 0.2) is 0 Å². The van der Waals surface area contributed by atoms with Gasteiger partial charge in [0.25, 0.3) is 0 Å². The fourth-order valence-corrected chi connectivity index (χ4v) is 3.46. The summed E-state index contributed by atoms with van der Waals surface area (Å²) in [6.07, 6.45) is 1.79. The maximum Gasteiger partial charge on any atom is 0.243 e. The minimum absolute atomic E-state index is 0.0332. The summed E-state index contributed by atoms with van der Waals surface area (Å²) in [6, 6.07) is 17.9. The van der Waals surface area contributed by atoms with Crippen LogP contribution >= 0.6 is 11.6 Å². The summed E-state index contributed by atoms with van der Waals surface area (Å²) in [5.74, 6) is 0.0853. The lowest BCUT2D eigenvalue weighted by atomic mass is 9.96. The van der Waals surface area contributed by atoms with Crippen molar-refractivity contribution < 1.29 is 9.69 Å². The van der Waals surface area contributed by atoms with Gasteiger partial charge in [-0.25, -0.2) is 5.43 Å². The Morgan fingerprint density at radius 3 is 2.42 bits per heavy atom. The Labute approximate surface area is 159 Å². The molecule has 2 aromatic carbocycles. The third-order valence-corrected chi connectivity index (χ3v) is 5.21. The van der Waals surface area contributed by atoms with Crippen molar-refractivity contribution in [1.82, 2.24) is 5.43 Å². The highest BCUT2D eigenvalue weighted by Gasteiger charge is 2.27. The Hall–Kier alpha value is -2.17. The van der Waals surface area contributed by atoms with Gasteiger partial charge in [-0.3, -0.25) is 4.79 Å². The van der Waals surface area contributed by atoms with Crippen LogP contribution in [0.4, 0.5) is 0 Å². The van der Waals surface area contributed by atoms with Gasteiger partial charge in [-0.1, -0.05) is 54.1 Å². The summed E-state index contributed by atoms with van der Waals surface area (Å²) in [7, 11) is 0. The number of carbonyl (C=O) groups is 1. The van der Waals surface area contributed by atoms with Crippen molar-refractivity contribution >= 4 is 23.2 Å². The van der Waals surface area contributed by atoms with Crippen molar-refractivity contribution in [2.75, 3.05) is 13.1 Å². The first-order valence-corrected chi connectivity index (χ1v) is 9.47. The highest BCUT2D eigenvalue weighted by Crippen LogP contribution is 2.12. The molecule has 2 N–H and O–H groups in total. The number of nitrogens with one attached hydrogen (secondary N) is 2. The number of hydrogen-bond donors (Lipinski definition) is 2. The van der Waals surface area contributed by atoms with Crippen molar-refractivity contribution in [1.29, 1.82) is 0 Å². The lowest BCUT2D eigenvalue weighted by Crippen LogP contribution is -3.11. The highest BCUT2D eigenvalue weighted by atomic mass is 35.5. The molecule has 1 amide bonds. The van der Waals surface area contributed by atoms with E-state index in [1.165, 1.54) is 10.5 Å². The largest absolute Gasteiger partial charge is 0.331 e. The molecule has 4 nitrogen and oxygen atoms in total. The van der Waals surface area contributed by atoms with Crippen LogP contribution in [0, 0.1) is 5.92 Å². The lowest BCUT2D eigenvalue weighted by molar-refractivity contribution is -0.919. The molecule has 1 aliphatic heterocycles. The van der Waals surface area contributed by atoms with Gasteiger partial charge in [0, 0.05) is 23.4 Å².